The number of hydrogen-bond donors (Lipinski definition) is 3. The number of benzene rings is 1. The number of rotatable bonds is 6. The molecule has 3 N–H and O–H groups in total. The van der Waals surface area contributed by atoms with Crippen LogP contribution in [-0.2, 0) is 19.1 Å². The first-order chi connectivity index (χ1) is 13.0. The van der Waals surface area contributed by atoms with Crippen LogP contribution < -0.4 is 5.32 Å². The van der Waals surface area contributed by atoms with Crippen LogP contribution in [0.4, 0.5) is 5.69 Å². The smallest absolute Gasteiger partial charge is 0.334 e. The number of esters is 1. The van der Waals surface area contributed by atoms with Crippen LogP contribution in [0.5, 0.6) is 0 Å². The van der Waals surface area contributed by atoms with Gasteiger partial charge in [-0.05, 0) is 12.5 Å². The van der Waals surface area contributed by atoms with Gasteiger partial charge in [-0.25, -0.2) is 9.59 Å². The summed E-state index contributed by atoms with van der Waals surface area (Å²) >= 11 is 6.02. The maximum absolute atomic E-state index is 12.0. The van der Waals surface area contributed by atoms with E-state index < -0.39 is 39.9 Å². The number of ether oxygens (including phenoxy) is 1. The third-order valence-electron chi connectivity index (χ3n) is 3.97. The summed E-state index contributed by atoms with van der Waals surface area (Å²) in [6, 6.07) is 4.96. The Morgan fingerprint density at radius 1 is 1.25 bits per heavy atom. The van der Waals surface area contributed by atoms with Gasteiger partial charge in [-0.3, -0.25) is 14.9 Å². The first-order valence-electron chi connectivity index (χ1n) is 7.78. The van der Waals surface area contributed by atoms with E-state index in [2.05, 4.69) is 5.32 Å². The molecule has 2 atom stereocenters. The Morgan fingerprint density at radius 3 is 2.36 bits per heavy atom. The highest BCUT2D eigenvalue weighted by Gasteiger charge is 2.40. The van der Waals surface area contributed by atoms with Crippen molar-refractivity contribution in [3.05, 3.63) is 62.5 Å². The molecule has 10 nitrogen and oxygen atoms in total. The molecule has 0 saturated heterocycles. The highest BCUT2D eigenvalue weighted by molar-refractivity contribution is 6.22. The van der Waals surface area contributed by atoms with Crippen molar-refractivity contribution in [1.82, 2.24) is 5.32 Å². The largest absolute Gasteiger partial charge is 0.478 e. The Labute approximate surface area is 163 Å². The van der Waals surface area contributed by atoms with Crippen molar-refractivity contribution >= 4 is 35.2 Å². The van der Waals surface area contributed by atoms with Crippen molar-refractivity contribution in [3.8, 4) is 0 Å². The Hall–Kier alpha value is -3.40. The quantitative estimate of drug-likeness (QED) is 0.276. The molecular weight excluding hydrogens is 396 g/mol. The molecule has 0 bridgehead atoms. The SMILES string of the molecule is CC(=O)OC(Cl)C1=C(C(=O)O)C(c2cccc([N+](=O)[O-])c2)C(C(=O)O)=C(C)N1. The number of nitrogens with zero attached hydrogens (tertiary/aromatic N) is 1. The van der Waals surface area contributed by atoms with Crippen LogP contribution in [-0.4, -0.2) is 38.6 Å². The number of nitrogens with one attached hydrogen (secondary N) is 1. The Morgan fingerprint density at radius 2 is 1.86 bits per heavy atom. The lowest BCUT2D eigenvalue weighted by Crippen LogP contribution is -2.36. The molecule has 0 saturated carbocycles. The number of carbonyl (C=O) groups is 3. The molecule has 1 heterocycles. The molecule has 0 spiro atoms. The highest BCUT2D eigenvalue weighted by Crippen LogP contribution is 2.40. The number of nitro benzene ring substituents is 1. The molecule has 2 unspecified atom stereocenters. The standard InChI is InChI=1S/C17H15ClN2O8/c1-7-11(16(22)23)12(9-4-3-5-10(6-9)20(26)27)13(17(24)25)14(19-7)15(18)28-8(2)21/h3-6,12,15,19H,1-2H3,(H,22,23)(H,24,25). The van der Waals surface area contributed by atoms with E-state index in [1.165, 1.54) is 25.1 Å². The minimum Gasteiger partial charge on any atom is -0.478 e. The van der Waals surface area contributed by atoms with E-state index in [0.29, 0.717) is 0 Å². The van der Waals surface area contributed by atoms with Crippen molar-refractivity contribution in [2.24, 2.45) is 0 Å². The van der Waals surface area contributed by atoms with Crippen molar-refractivity contribution in [3.63, 3.8) is 0 Å². The number of halogens is 1. The molecule has 1 aromatic carbocycles. The molecule has 2 rings (SSSR count). The van der Waals surface area contributed by atoms with E-state index >= 15 is 0 Å². The molecular formula is C17H15ClN2O8. The van der Waals surface area contributed by atoms with E-state index in [1.807, 2.05) is 0 Å². The number of non-ortho nitro benzene ring substituents is 1. The van der Waals surface area contributed by atoms with Crippen LogP contribution in [0.25, 0.3) is 0 Å². The van der Waals surface area contributed by atoms with E-state index in [9.17, 15) is 34.7 Å². The number of nitro groups is 1. The van der Waals surface area contributed by atoms with E-state index in [0.717, 1.165) is 13.0 Å². The molecule has 0 aliphatic carbocycles. The van der Waals surface area contributed by atoms with Gasteiger partial charge in [-0.2, -0.15) is 0 Å². The second-order valence-corrected chi connectivity index (χ2v) is 6.21. The lowest BCUT2D eigenvalue weighted by molar-refractivity contribution is -0.384. The van der Waals surface area contributed by atoms with Gasteiger partial charge in [-0.15, -0.1) is 0 Å². The zero-order chi connectivity index (χ0) is 21.2. The second-order valence-electron chi connectivity index (χ2n) is 5.81. The average molecular weight is 411 g/mol. The van der Waals surface area contributed by atoms with Gasteiger partial charge in [0.25, 0.3) is 5.69 Å². The predicted molar refractivity (Wildman–Crippen MR) is 95.4 cm³/mol. The van der Waals surface area contributed by atoms with Crippen molar-refractivity contribution in [1.29, 1.82) is 0 Å². The summed E-state index contributed by atoms with van der Waals surface area (Å²) in [5.74, 6) is -5.11. The maximum atomic E-state index is 12.0. The molecule has 148 valence electrons. The average Bonchev–Trinajstić information content (AvgIpc) is 2.59. The first kappa shape index (κ1) is 20.9. The summed E-state index contributed by atoms with van der Waals surface area (Å²) in [5, 5.41) is 33.0. The minimum atomic E-state index is -1.53. The van der Waals surface area contributed by atoms with E-state index in [4.69, 9.17) is 16.3 Å². The second kappa shape index (κ2) is 8.09. The van der Waals surface area contributed by atoms with E-state index in [-0.39, 0.29) is 28.2 Å². The Bertz CT molecular complexity index is 937. The third-order valence-corrected chi connectivity index (χ3v) is 4.27. The third kappa shape index (κ3) is 4.12. The van der Waals surface area contributed by atoms with Gasteiger partial charge in [-0.1, -0.05) is 23.7 Å². The number of carboxylic acids is 2. The van der Waals surface area contributed by atoms with Gasteiger partial charge >= 0.3 is 17.9 Å². The minimum absolute atomic E-state index is 0.0572. The normalized spacial score (nSPS) is 17.6. The number of allylic oxidation sites excluding steroid dienone is 1. The maximum Gasteiger partial charge on any atom is 0.334 e. The van der Waals surface area contributed by atoms with Gasteiger partial charge < -0.3 is 20.3 Å². The van der Waals surface area contributed by atoms with Gasteiger partial charge in [0.05, 0.1) is 27.7 Å². The number of carbonyl (C=O) groups excluding carboxylic acids is 1. The number of aliphatic carboxylic acids is 2. The fourth-order valence-electron chi connectivity index (χ4n) is 2.91. The van der Waals surface area contributed by atoms with Crippen LogP contribution in [0.15, 0.2) is 46.8 Å². The zero-order valence-electron chi connectivity index (χ0n) is 14.6. The Balaban J connectivity index is 2.77. The lowest BCUT2D eigenvalue weighted by Gasteiger charge is -2.31. The predicted octanol–water partition coefficient (Wildman–Crippen LogP) is 2.11. The molecule has 0 fully saturated rings. The number of alkyl halides is 1. The summed E-state index contributed by atoms with van der Waals surface area (Å²) in [7, 11) is 0. The monoisotopic (exact) mass is 410 g/mol. The van der Waals surface area contributed by atoms with Crippen molar-refractivity contribution < 1.29 is 34.3 Å². The van der Waals surface area contributed by atoms with Gasteiger partial charge in [0.2, 0.25) is 5.56 Å². The van der Waals surface area contributed by atoms with Gasteiger partial charge in [0.1, 0.15) is 0 Å². The molecule has 11 heteroatoms. The van der Waals surface area contributed by atoms with Gasteiger partial charge in [0, 0.05) is 24.8 Å². The highest BCUT2D eigenvalue weighted by atomic mass is 35.5. The van der Waals surface area contributed by atoms with E-state index in [1.54, 1.807) is 0 Å². The molecule has 28 heavy (non-hydrogen) atoms. The molecule has 0 amide bonds. The van der Waals surface area contributed by atoms with Crippen LogP contribution in [0.2, 0.25) is 0 Å². The molecule has 1 aromatic rings. The molecule has 1 aliphatic heterocycles. The van der Waals surface area contributed by atoms with Crippen molar-refractivity contribution in [2.45, 2.75) is 25.3 Å². The topological polar surface area (TPSA) is 156 Å². The van der Waals surface area contributed by atoms with Crippen LogP contribution in [0, 0.1) is 10.1 Å². The number of hydrogen-bond acceptors (Lipinski definition) is 7. The summed E-state index contributed by atoms with van der Waals surface area (Å²) in [4.78, 5) is 45.4. The molecule has 1 aliphatic rings. The fourth-order valence-corrected chi connectivity index (χ4v) is 3.21. The summed E-state index contributed by atoms with van der Waals surface area (Å²) in [6.45, 7) is 2.45. The first-order valence-corrected chi connectivity index (χ1v) is 8.22. The lowest BCUT2D eigenvalue weighted by atomic mass is 9.80. The molecule has 0 aromatic heterocycles. The zero-order valence-corrected chi connectivity index (χ0v) is 15.4. The van der Waals surface area contributed by atoms with Gasteiger partial charge in [0.15, 0.2) is 0 Å². The summed E-state index contributed by atoms with van der Waals surface area (Å²) in [5.41, 5.74) is -2.81. The van der Waals surface area contributed by atoms with Crippen LogP contribution in [0.3, 0.4) is 0 Å². The van der Waals surface area contributed by atoms with Crippen molar-refractivity contribution in [2.75, 3.05) is 0 Å². The Kier molecular flexibility index (Phi) is 6.04. The number of carboxylic acid groups (broad SMARTS) is 2. The molecule has 0 radical (unpaired) electrons. The summed E-state index contributed by atoms with van der Waals surface area (Å²) in [6.07, 6.45) is 0. The van der Waals surface area contributed by atoms with Crippen LogP contribution in [0.1, 0.15) is 25.3 Å². The number of dihydropyridines is 1. The van der Waals surface area contributed by atoms with Crippen LogP contribution >= 0.6 is 11.6 Å². The summed E-state index contributed by atoms with van der Waals surface area (Å²) < 4.78 is 4.82. The fraction of sp³-hybridized carbons (Fsp3) is 0.235.